The summed E-state index contributed by atoms with van der Waals surface area (Å²) in [6.07, 6.45) is 8.11. The van der Waals surface area contributed by atoms with Gasteiger partial charge in [0.15, 0.2) is 12.0 Å². The lowest BCUT2D eigenvalue weighted by Crippen LogP contribution is -2.34. The Labute approximate surface area is 260 Å². The van der Waals surface area contributed by atoms with Crippen LogP contribution in [-0.2, 0) is 4.79 Å². The Bertz CT molecular complexity index is 1270. The fraction of sp³-hybridized carbons (Fsp3) is 0.528. The number of esters is 1. The molecule has 0 saturated heterocycles. The lowest BCUT2D eigenvalue weighted by molar-refractivity contribution is -0.147. The second-order valence-corrected chi connectivity index (χ2v) is 11.7. The van der Waals surface area contributed by atoms with E-state index in [4.69, 9.17) is 9.47 Å². The van der Waals surface area contributed by atoms with E-state index in [0.29, 0.717) is 30.0 Å². The van der Waals surface area contributed by atoms with Crippen molar-refractivity contribution in [2.75, 3.05) is 0 Å². The monoisotopic (exact) mass is 612 g/mol. The predicted molar refractivity (Wildman–Crippen MR) is 170 cm³/mol. The molecule has 8 heteroatoms. The summed E-state index contributed by atoms with van der Waals surface area (Å²) in [5.41, 5.74) is 0.0417. The number of carbonyl (C=O) groups excluding carboxylic acids is 1. The number of aromatic nitrogens is 2. The van der Waals surface area contributed by atoms with Crippen molar-refractivity contribution in [2.45, 2.75) is 122 Å². The first-order valence-electron chi connectivity index (χ1n) is 16.0. The van der Waals surface area contributed by atoms with E-state index in [2.05, 4.69) is 23.8 Å². The quantitative estimate of drug-likeness (QED) is 0.0766. The van der Waals surface area contributed by atoms with E-state index >= 15 is 0 Å². The molecule has 0 radical (unpaired) electrons. The Morgan fingerprint density at radius 3 is 2.09 bits per heavy atom. The van der Waals surface area contributed by atoms with E-state index in [-0.39, 0.29) is 12.2 Å². The van der Waals surface area contributed by atoms with Crippen molar-refractivity contribution in [1.29, 1.82) is 0 Å². The lowest BCUT2D eigenvalue weighted by atomic mass is 10.00. The normalized spacial score (nSPS) is 14.8. The van der Waals surface area contributed by atoms with Crippen LogP contribution < -0.4 is 9.47 Å². The smallest absolute Gasteiger partial charge is 0.348 e. The van der Waals surface area contributed by atoms with Crippen LogP contribution in [0, 0.1) is 0 Å². The van der Waals surface area contributed by atoms with E-state index in [0.717, 1.165) is 62.5 Å². The molecule has 0 spiro atoms. The van der Waals surface area contributed by atoms with E-state index in [1.54, 1.807) is 54.9 Å². The van der Waals surface area contributed by atoms with Crippen LogP contribution in [0.15, 0.2) is 60.9 Å². The summed E-state index contributed by atoms with van der Waals surface area (Å²) in [5.74, 6) is 0.155. The standard InChI is InChI=1S/C36H47F3N2O3/c1-5-7-9-11-12-18-32(33(38)26(3)37)44-31-17-14-13-16-30(31)34-40-24-28(25-41-34)27-19-21-29(22-20-27)43-35(42)36(4,39)23-15-10-8-6-2/h13-14,16-17,19-22,24-26,32-33H,5-12,15,18,23H2,1-4H3. The topological polar surface area (TPSA) is 61.3 Å². The molecular weight excluding hydrogens is 565 g/mol. The number of alkyl halides is 3. The van der Waals surface area contributed by atoms with Gasteiger partial charge in [-0.15, -0.1) is 0 Å². The molecule has 0 saturated carbocycles. The maximum atomic E-state index is 14.9. The number of hydrogen-bond acceptors (Lipinski definition) is 5. The lowest BCUT2D eigenvalue weighted by Gasteiger charge is -2.24. The highest BCUT2D eigenvalue weighted by Gasteiger charge is 2.34. The first-order valence-corrected chi connectivity index (χ1v) is 16.0. The summed E-state index contributed by atoms with van der Waals surface area (Å²) in [4.78, 5) is 21.5. The number of para-hydroxylation sites is 1. The van der Waals surface area contributed by atoms with Crippen molar-refractivity contribution in [1.82, 2.24) is 9.97 Å². The maximum absolute atomic E-state index is 14.9. The van der Waals surface area contributed by atoms with Crippen molar-refractivity contribution >= 4 is 5.97 Å². The van der Waals surface area contributed by atoms with Crippen LogP contribution in [0.1, 0.15) is 98.3 Å². The van der Waals surface area contributed by atoms with E-state index < -0.39 is 30.1 Å². The number of ether oxygens (including phenoxy) is 2. The summed E-state index contributed by atoms with van der Waals surface area (Å²) in [5, 5.41) is 0. The molecule has 0 aliphatic heterocycles. The molecule has 0 fully saturated rings. The number of nitrogens with zero attached hydrogens (tertiary/aromatic N) is 2. The molecule has 3 aromatic rings. The summed E-state index contributed by atoms with van der Waals surface area (Å²) < 4.78 is 55.1. The molecular formula is C36H47F3N2O3. The minimum atomic E-state index is -2.04. The molecule has 1 aromatic heterocycles. The molecule has 240 valence electrons. The van der Waals surface area contributed by atoms with Gasteiger partial charge in [-0.3, -0.25) is 0 Å². The molecule has 0 bridgehead atoms. The molecule has 0 aliphatic carbocycles. The van der Waals surface area contributed by atoms with Crippen LogP contribution in [0.3, 0.4) is 0 Å². The number of carbonyl (C=O) groups is 1. The first-order chi connectivity index (χ1) is 21.2. The SMILES string of the molecule is CCCCCCCC(Oc1ccccc1-c1ncc(-c2ccc(OC(=O)C(C)(F)CCCCCC)cc2)cn1)C(F)C(C)F. The Kier molecular flexibility index (Phi) is 14.2. The Morgan fingerprint density at radius 2 is 1.45 bits per heavy atom. The predicted octanol–water partition coefficient (Wildman–Crippen LogP) is 10.2. The summed E-state index contributed by atoms with van der Waals surface area (Å²) >= 11 is 0. The Hall–Kier alpha value is -3.42. The zero-order valence-electron chi connectivity index (χ0n) is 26.5. The van der Waals surface area contributed by atoms with Gasteiger partial charge in [-0.25, -0.2) is 27.9 Å². The van der Waals surface area contributed by atoms with Crippen LogP contribution in [0.4, 0.5) is 13.2 Å². The van der Waals surface area contributed by atoms with Crippen molar-refractivity contribution in [3.05, 3.63) is 60.9 Å². The number of benzene rings is 2. The molecule has 44 heavy (non-hydrogen) atoms. The van der Waals surface area contributed by atoms with Crippen molar-refractivity contribution in [3.8, 4) is 34.0 Å². The average molecular weight is 613 g/mol. The van der Waals surface area contributed by atoms with Gasteiger partial charge in [0, 0.05) is 18.0 Å². The van der Waals surface area contributed by atoms with Gasteiger partial charge in [0.05, 0.1) is 5.56 Å². The zero-order valence-corrected chi connectivity index (χ0v) is 26.5. The molecule has 1 heterocycles. The Balaban J connectivity index is 1.68. The third kappa shape index (κ3) is 10.6. The van der Waals surface area contributed by atoms with Crippen molar-refractivity contribution in [2.24, 2.45) is 0 Å². The third-order valence-corrected chi connectivity index (χ3v) is 7.77. The second kappa shape index (κ2) is 17.8. The number of hydrogen-bond donors (Lipinski definition) is 0. The third-order valence-electron chi connectivity index (χ3n) is 7.77. The minimum absolute atomic E-state index is 0.130. The zero-order chi connectivity index (χ0) is 32.0. The molecule has 0 aliphatic rings. The fourth-order valence-corrected chi connectivity index (χ4v) is 4.98. The van der Waals surface area contributed by atoms with Crippen LogP contribution in [0.25, 0.3) is 22.5 Å². The average Bonchev–Trinajstić information content (AvgIpc) is 3.02. The highest BCUT2D eigenvalue weighted by Crippen LogP contribution is 2.32. The minimum Gasteiger partial charge on any atom is -0.487 e. The molecule has 0 amide bonds. The molecule has 2 aromatic carbocycles. The Morgan fingerprint density at radius 1 is 0.841 bits per heavy atom. The number of unbranched alkanes of at least 4 members (excludes halogenated alkanes) is 7. The van der Waals surface area contributed by atoms with Crippen LogP contribution in [-0.4, -0.2) is 40.1 Å². The second-order valence-electron chi connectivity index (χ2n) is 11.7. The molecule has 5 nitrogen and oxygen atoms in total. The van der Waals surface area contributed by atoms with E-state index in [1.807, 2.05) is 6.07 Å². The van der Waals surface area contributed by atoms with Crippen LogP contribution in [0.5, 0.6) is 11.5 Å². The largest absolute Gasteiger partial charge is 0.487 e. The fourth-order valence-electron chi connectivity index (χ4n) is 4.98. The summed E-state index contributed by atoms with van der Waals surface area (Å²) in [7, 11) is 0. The molecule has 4 unspecified atom stereocenters. The first kappa shape index (κ1) is 35.1. The van der Waals surface area contributed by atoms with E-state index in [9.17, 15) is 18.0 Å². The summed E-state index contributed by atoms with van der Waals surface area (Å²) in [6, 6.07) is 13.8. The van der Waals surface area contributed by atoms with Gasteiger partial charge in [0.2, 0.25) is 5.67 Å². The summed E-state index contributed by atoms with van der Waals surface area (Å²) in [6.45, 7) is 6.70. The number of rotatable bonds is 19. The maximum Gasteiger partial charge on any atom is 0.348 e. The van der Waals surface area contributed by atoms with Gasteiger partial charge in [0.25, 0.3) is 0 Å². The van der Waals surface area contributed by atoms with Crippen LogP contribution in [0.2, 0.25) is 0 Å². The highest BCUT2D eigenvalue weighted by atomic mass is 19.2. The van der Waals surface area contributed by atoms with Gasteiger partial charge >= 0.3 is 5.97 Å². The van der Waals surface area contributed by atoms with Gasteiger partial charge in [-0.05, 0) is 69.4 Å². The van der Waals surface area contributed by atoms with E-state index in [1.165, 1.54) is 13.8 Å². The van der Waals surface area contributed by atoms with Gasteiger partial charge in [-0.2, -0.15) is 0 Å². The number of halogens is 3. The van der Waals surface area contributed by atoms with Crippen molar-refractivity contribution < 1.29 is 27.4 Å². The van der Waals surface area contributed by atoms with Gasteiger partial charge in [0.1, 0.15) is 23.8 Å². The van der Waals surface area contributed by atoms with Gasteiger partial charge < -0.3 is 9.47 Å². The molecule has 0 N–H and O–H groups in total. The molecule has 3 rings (SSSR count). The van der Waals surface area contributed by atoms with Crippen molar-refractivity contribution in [3.63, 3.8) is 0 Å². The van der Waals surface area contributed by atoms with Gasteiger partial charge in [-0.1, -0.05) is 83.1 Å². The van der Waals surface area contributed by atoms with Crippen LogP contribution >= 0.6 is 0 Å². The highest BCUT2D eigenvalue weighted by molar-refractivity contribution is 5.81. The molecule has 4 atom stereocenters.